The molecule has 0 bridgehead atoms. The lowest BCUT2D eigenvalue weighted by molar-refractivity contribution is -0.633. The highest BCUT2D eigenvalue weighted by atomic mass is 19.4. The summed E-state index contributed by atoms with van der Waals surface area (Å²) in [5, 5.41) is 0.843. The van der Waals surface area contributed by atoms with Gasteiger partial charge < -0.3 is 0 Å². The second kappa shape index (κ2) is 10.2. The Balaban J connectivity index is 1.53. The van der Waals surface area contributed by atoms with Crippen molar-refractivity contribution in [3.05, 3.63) is 126 Å². The van der Waals surface area contributed by atoms with Gasteiger partial charge in [-0.1, -0.05) is 98.8 Å². The standard InChI is InChI=1S/C40H33F3N/c1-25-21-35-32-18-9-7-16-30(32)28-14-5-6-15-29(28)31-17-8-10-19-33(31)36(35)23-34(25)38-22-26(24-39(2,3)40(41,42)43)27-13-11-12-20-37(27)44(38)4/h5-23H,24H2,1-4H3/q+1. The average molecular weight is 585 g/mol. The summed E-state index contributed by atoms with van der Waals surface area (Å²) in [4.78, 5) is 0. The Morgan fingerprint density at radius 1 is 0.545 bits per heavy atom. The van der Waals surface area contributed by atoms with E-state index in [0.717, 1.165) is 55.5 Å². The van der Waals surface area contributed by atoms with Crippen molar-refractivity contribution in [2.75, 3.05) is 0 Å². The van der Waals surface area contributed by atoms with Gasteiger partial charge in [-0.15, -0.1) is 0 Å². The van der Waals surface area contributed by atoms with Gasteiger partial charge >= 0.3 is 6.18 Å². The van der Waals surface area contributed by atoms with E-state index in [2.05, 4.69) is 96.4 Å². The number of rotatable bonds is 3. The lowest BCUT2D eigenvalue weighted by Crippen LogP contribution is -2.36. The highest BCUT2D eigenvalue weighted by Crippen LogP contribution is 2.49. The summed E-state index contributed by atoms with van der Waals surface area (Å²) >= 11 is 0. The van der Waals surface area contributed by atoms with Gasteiger partial charge in [0.05, 0.1) is 5.41 Å². The second-order valence-electron chi connectivity index (χ2n) is 12.5. The van der Waals surface area contributed by atoms with E-state index < -0.39 is 11.6 Å². The largest absolute Gasteiger partial charge is 0.394 e. The quantitative estimate of drug-likeness (QED) is 0.182. The fraction of sp³-hybridized carbons (Fsp3) is 0.175. The van der Waals surface area contributed by atoms with Gasteiger partial charge in [-0.2, -0.15) is 17.7 Å². The zero-order valence-electron chi connectivity index (χ0n) is 25.3. The first-order valence-electron chi connectivity index (χ1n) is 15.0. The van der Waals surface area contributed by atoms with Crippen LogP contribution < -0.4 is 4.57 Å². The van der Waals surface area contributed by atoms with Crippen molar-refractivity contribution < 1.29 is 17.7 Å². The van der Waals surface area contributed by atoms with Crippen molar-refractivity contribution in [1.29, 1.82) is 0 Å². The van der Waals surface area contributed by atoms with Crippen molar-refractivity contribution in [2.24, 2.45) is 12.5 Å². The molecule has 0 atom stereocenters. The number of fused-ring (bicyclic) bond motifs is 9. The molecule has 5 aromatic carbocycles. The molecule has 1 aliphatic carbocycles. The molecule has 0 saturated heterocycles. The molecule has 44 heavy (non-hydrogen) atoms. The number of para-hydroxylation sites is 1. The van der Waals surface area contributed by atoms with Crippen LogP contribution in [0.1, 0.15) is 25.0 Å². The predicted octanol–water partition coefficient (Wildman–Crippen LogP) is 10.8. The van der Waals surface area contributed by atoms with Gasteiger partial charge in [-0.05, 0) is 87.2 Å². The third-order valence-corrected chi connectivity index (χ3v) is 9.27. The highest BCUT2D eigenvalue weighted by Gasteiger charge is 2.47. The maximum Gasteiger partial charge on any atom is 0.394 e. The van der Waals surface area contributed by atoms with E-state index in [4.69, 9.17) is 0 Å². The minimum absolute atomic E-state index is 0.109. The number of aryl methyl sites for hydroxylation is 2. The van der Waals surface area contributed by atoms with Crippen LogP contribution in [0.15, 0.2) is 115 Å². The van der Waals surface area contributed by atoms with Gasteiger partial charge in [0.1, 0.15) is 7.05 Å². The fourth-order valence-corrected chi connectivity index (χ4v) is 6.78. The summed E-state index contributed by atoms with van der Waals surface area (Å²) in [5.41, 5.74) is 11.9. The molecule has 4 heteroatoms. The molecule has 0 aliphatic heterocycles. The molecule has 1 aromatic heterocycles. The third kappa shape index (κ3) is 4.43. The molecule has 0 radical (unpaired) electrons. The number of nitrogens with zero attached hydrogens (tertiary/aromatic N) is 1. The Kier molecular flexibility index (Phi) is 6.51. The molecule has 0 fully saturated rings. The summed E-state index contributed by atoms with van der Waals surface area (Å²) in [5.74, 6) is 0. The normalized spacial score (nSPS) is 12.5. The number of alkyl halides is 3. The molecule has 1 heterocycles. The molecular formula is C40H33F3N+. The smallest absolute Gasteiger partial charge is 0.194 e. The van der Waals surface area contributed by atoms with Gasteiger partial charge in [-0.25, -0.2) is 0 Å². The van der Waals surface area contributed by atoms with Gasteiger partial charge in [0.25, 0.3) is 0 Å². The maximum absolute atomic E-state index is 14.1. The summed E-state index contributed by atoms with van der Waals surface area (Å²) < 4.78 is 44.4. The first kappa shape index (κ1) is 28.1. The zero-order valence-corrected chi connectivity index (χ0v) is 25.3. The molecule has 1 aliphatic rings. The van der Waals surface area contributed by atoms with Gasteiger partial charge in [0, 0.05) is 23.1 Å². The van der Waals surface area contributed by atoms with Crippen LogP contribution in [0.3, 0.4) is 0 Å². The summed E-state index contributed by atoms with van der Waals surface area (Å²) in [6, 6.07) is 39.8. The molecule has 0 amide bonds. The first-order valence-corrected chi connectivity index (χ1v) is 15.0. The van der Waals surface area contributed by atoms with Gasteiger partial charge in [0.15, 0.2) is 0 Å². The highest BCUT2D eigenvalue weighted by molar-refractivity contribution is 6.04. The van der Waals surface area contributed by atoms with Crippen LogP contribution in [0.4, 0.5) is 13.2 Å². The number of hydrogen-bond acceptors (Lipinski definition) is 0. The van der Waals surface area contributed by atoms with E-state index >= 15 is 0 Å². The predicted molar refractivity (Wildman–Crippen MR) is 174 cm³/mol. The molecule has 0 saturated carbocycles. The Morgan fingerprint density at radius 3 is 1.48 bits per heavy atom. The minimum Gasteiger partial charge on any atom is -0.194 e. The second-order valence-corrected chi connectivity index (χ2v) is 12.5. The van der Waals surface area contributed by atoms with Crippen molar-refractivity contribution in [3.63, 3.8) is 0 Å². The fourth-order valence-electron chi connectivity index (χ4n) is 6.78. The van der Waals surface area contributed by atoms with E-state index in [-0.39, 0.29) is 6.42 Å². The van der Waals surface area contributed by atoms with Crippen LogP contribution in [0.2, 0.25) is 0 Å². The van der Waals surface area contributed by atoms with Crippen molar-refractivity contribution in [2.45, 2.75) is 33.4 Å². The summed E-state index contributed by atoms with van der Waals surface area (Å²) in [7, 11) is 2.01. The minimum atomic E-state index is -4.32. The topological polar surface area (TPSA) is 3.88 Å². The van der Waals surface area contributed by atoms with Crippen LogP contribution in [-0.4, -0.2) is 6.18 Å². The van der Waals surface area contributed by atoms with Gasteiger partial charge in [-0.3, -0.25) is 0 Å². The van der Waals surface area contributed by atoms with Crippen LogP contribution >= 0.6 is 0 Å². The van der Waals surface area contributed by atoms with Crippen LogP contribution in [0.5, 0.6) is 0 Å². The van der Waals surface area contributed by atoms with E-state index in [1.165, 1.54) is 30.5 Å². The molecule has 0 spiro atoms. The maximum atomic E-state index is 14.1. The van der Waals surface area contributed by atoms with E-state index in [1.54, 1.807) is 0 Å². The Labute approximate surface area is 256 Å². The van der Waals surface area contributed by atoms with E-state index in [1.807, 2.05) is 37.4 Å². The monoisotopic (exact) mass is 584 g/mol. The Morgan fingerprint density at radius 2 is 0.977 bits per heavy atom. The molecule has 0 N–H and O–H groups in total. The lowest BCUT2D eigenvalue weighted by Gasteiger charge is -2.28. The molecule has 0 unspecified atom stereocenters. The van der Waals surface area contributed by atoms with E-state index in [9.17, 15) is 13.2 Å². The SMILES string of the molecule is Cc1cc2c(cc1-c1cc(CC(C)(C)C(F)(F)F)c3ccccc3[n+]1C)-c1ccccc1-c1ccccc1-c1ccccc1-2. The number of pyridine rings is 1. The molecule has 7 rings (SSSR count). The number of halogens is 3. The van der Waals surface area contributed by atoms with Crippen LogP contribution in [-0.2, 0) is 13.5 Å². The number of benzene rings is 5. The van der Waals surface area contributed by atoms with Gasteiger partial charge in [0.2, 0.25) is 11.2 Å². The van der Waals surface area contributed by atoms with Crippen molar-refractivity contribution in [1.82, 2.24) is 0 Å². The molecule has 218 valence electrons. The van der Waals surface area contributed by atoms with Crippen LogP contribution in [0, 0.1) is 12.3 Å². The molecular weight excluding hydrogens is 551 g/mol. The van der Waals surface area contributed by atoms with Crippen molar-refractivity contribution >= 4 is 10.9 Å². The average Bonchev–Trinajstić information content (AvgIpc) is 3.01. The Bertz CT molecular complexity index is 2080. The lowest BCUT2D eigenvalue weighted by atomic mass is 9.79. The van der Waals surface area contributed by atoms with E-state index in [0.29, 0.717) is 5.56 Å². The molecule has 6 aromatic rings. The van der Waals surface area contributed by atoms with Crippen molar-refractivity contribution in [3.8, 4) is 55.8 Å². The summed E-state index contributed by atoms with van der Waals surface area (Å²) in [6.07, 6.45) is -4.43. The number of aromatic nitrogens is 1. The summed E-state index contributed by atoms with van der Waals surface area (Å²) in [6.45, 7) is 4.68. The molecule has 1 nitrogen and oxygen atoms in total. The first-order chi connectivity index (χ1) is 21.0. The van der Waals surface area contributed by atoms with Crippen LogP contribution in [0.25, 0.3) is 66.7 Å². The third-order valence-electron chi connectivity index (χ3n) is 9.27. The number of hydrogen-bond donors (Lipinski definition) is 0. The zero-order chi connectivity index (χ0) is 30.8. The Hall–Kier alpha value is -4.70.